The molecule has 0 bridgehead atoms. The number of aromatic nitrogens is 1. The highest BCUT2D eigenvalue weighted by Gasteiger charge is 2.28. The van der Waals surface area contributed by atoms with Crippen molar-refractivity contribution in [3.8, 4) is 0 Å². The lowest BCUT2D eigenvalue weighted by Gasteiger charge is -2.23. The summed E-state index contributed by atoms with van der Waals surface area (Å²) in [4.78, 5) is 4.29. The molecule has 1 aromatic heterocycles. The Labute approximate surface area is 108 Å². The summed E-state index contributed by atoms with van der Waals surface area (Å²) in [6, 6.07) is 0. The number of alkyl halides is 3. The van der Waals surface area contributed by atoms with E-state index >= 15 is 0 Å². The predicted molar refractivity (Wildman–Crippen MR) is 64.5 cm³/mol. The van der Waals surface area contributed by atoms with E-state index in [1.165, 1.54) is 11.3 Å². The monoisotopic (exact) mass is 282 g/mol. The molecule has 0 aliphatic rings. The lowest BCUT2D eigenvalue weighted by molar-refractivity contribution is -0.176. The molecule has 0 saturated carbocycles. The minimum atomic E-state index is -4.30. The fourth-order valence-electron chi connectivity index (χ4n) is 1.34. The van der Waals surface area contributed by atoms with Crippen molar-refractivity contribution in [1.29, 1.82) is 0 Å². The van der Waals surface area contributed by atoms with Crippen molar-refractivity contribution in [2.75, 3.05) is 13.2 Å². The summed E-state index contributed by atoms with van der Waals surface area (Å²) in [5.74, 6) is 0. The first kappa shape index (κ1) is 15.4. The molecule has 1 atom stereocenters. The smallest absolute Gasteiger partial charge is 0.365 e. The first-order valence-electron chi connectivity index (χ1n) is 5.60. The van der Waals surface area contributed by atoms with E-state index in [2.05, 4.69) is 9.72 Å². The van der Waals surface area contributed by atoms with Gasteiger partial charge in [0.05, 0.1) is 12.3 Å². The number of rotatable bonds is 6. The molecule has 7 heteroatoms. The number of nitrogens with zero attached hydrogens (tertiary/aromatic N) is 1. The minimum Gasteiger partial charge on any atom is -0.365 e. The van der Waals surface area contributed by atoms with E-state index in [-0.39, 0.29) is 12.0 Å². The molecule has 0 amide bonds. The molecule has 2 N–H and O–H groups in total. The summed E-state index contributed by atoms with van der Waals surface area (Å²) < 4.78 is 40.3. The molecule has 1 unspecified atom stereocenters. The molecule has 1 aromatic rings. The van der Waals surface area contributed by atoms with Crippen LogP contribution >= 0.6 is 11.3 Å². The van der Waals surface area contributed by atoms with E-state index < -0.39 is 12.8 Å². The van der Waals surface area contributed by atoms with Crippen molar-refractivity contribution in [1.82, 2.24) is 4.98 Å². The number of hydrogen-bond donors (Lipinski definition) is 1. The second-order valence-corrected chi connectivity index (χ2v) is 5.30. The molecule has 1 heterocycles. The Kier molecular flexibility index (Phi) is 5.12. The van der Waals surface area contributed by atoms with Gasteiger partial charge in [0, 0.05) is 17.3 Å². The van der Waals surface area contributed by atoms with E-state index in [0.717, 1.165) is 12.1 Å². The van der Waals surface area contributed by atoms with Crippen LogP contribution in [0.15, 0.2) is 5.38 Å². The topological polar surface area (TPSA) is 48.1 Å². The molecule has 0 aliphatic carbocycles. The normalized spacial score (nSPS) is 15.7. The molecule has 104 valence electrons. The van der Waals surface area contributed by atoms with Crippen LogP contribution in [0.5, 0.6) is 0 Å². The third-order valence-corrected chi connectivity index (χ3v) is 3.71. The Bertz CT molecular complexity index is 375. The average molecular weight is 282 g/mol. The van der Waals surface area contributed by atoms with Crippen LogP contribution in [0.1, 0.15) is 31.0 Å². The van der Waals surface area contributed by atoms with Gasteiger partial charge in [0.1, 0.15) is 11.6 Å². The summed E-state index contributed by atoms with van der Waals surface area (Å²) in [7, 11) is 0. The number of thiazole rings is 1. The standard InChI is InChI=1S/C11H17F3N2OS/c1-3-10(2,6-15)8-5-18-9(16-8)4-17-7-11(12,13)14/h5H,3-4,6-7,15H2,1-2H3. The molecule has 0 spiro atoms. The van der Waals surface area contributed by atoms with Gasteiger partial charge in [-0.3, -0.25) is 0 Å². The van der Waals surface area contributed by atoms with Crippen LogP contribution in [0, 0.1) is 0 Å². The fraction of sp³-hybridized carbons (Fsp3) is 0.727. The van der Waals surface area contributed by atoms with E-state index in [0.29, 0.717) is 11.6 Å². The van der Waals surface area contributed by atoms with E-state index in [1.807, 2.05) is 19.2 Å². The second-order valence-electron chi connectivity index (χ2n) is 4.35. The van der Waals surface area contributed by atoms with Crippen LogP contribution in [0.4, 0.5) is 13.2 Å². The average Bonchev–Trinajstić information content (AvgIpc) is 2.75. The predicted octanol–water partition coefficient (Wildman–Crippen LogP) is 2.85. The van der Waals surface area contributed by atoms with Gasteiger partial charge in [-0.05, 0) is 6.42 Å². The first-order valence-corrected chi connectivity index (χ1v) is 6.48. The molecule has 0 aromatic carbocycles. The third-order valence-electron chi connectivity index (χ3n) is 2.89. The van der Waals surface area contributed by atoms with E-state index in [1.54, 1.807) is 0 Å². The van der Waals surface area contributed by atoms with Crippen molar-refractivity contribution >= 4 is 11.3 Å². The molecule has 0 saturated heterocycles. The fourth-order valence-corrected chi connectivity index (χ4v) is 2.23. The van der Waals surface area contributed by atoms with Gasteiger partial charge in [0.25, 0.3) is 0 Å². The van der Waals surface area contributed by atoms with Crippen molar-refractivity contribution in [3.63, 3.8) is 0 Å². The Hall–Kier alpha value is -0.660. The van der Waals surface area contributed by atoms with E-state index in [9.17, 15) is 13.2 Å². The van der Waals surface area contributed by atoms with Gasteiger partial charge >= 0.3 is 6.18 Å². The summed E-state index contributed by atoms with van der Waals surface area (Å²) in [5, 5.41) is 2.38. The maximum atomic E-state index is 11.9. The van der Waals surface area contributed by atoms with Gasteiger partial charge in [-0.1, -0.05) is 13.8 Å². The maximum Gasteiger partial charge on any atom is 0.411 e. The van der Waals surface area contributed by atoms with Crippen LogP contribution in [-0.4, -0.2) is 24.3 Å². The molecular formula is C11H17F3N2OS. The lowest BCUT2D eigenvalue weighted by Crippen LogP contribution is -2.31. The van der Waals surface area contributed by atoms with Gasteiger partial charge in [-0.2, -0.15) is 13.2 Å². The Morgan fingerprint density at radius 2 is 2.11 bits per heavy atom. The number of hydrogen-bond acceptors (Lipinski definition) is 4. The summed E-state index contributed by atoms with van der Waals surface area (Å²) in [6.07, 6.45) is -3.47. The van der Waals surface area contributed by atoms with Gasteiger partial charge in [0.2, 0.25) is 0 Å². The maximum absolute atomic E-state index is 11.9. The van der Waals surface area contributed by atoms with Crippen molar-refractivity contribution in [3.05, 3.63) is 16.1 Å². The van der Waals surface area contributed by atoms with Crippen molar-refractivity contribution in [2.45, 2.75) is 38.5 Å². The Morgan fingerprint density at radius 3 is 2.61 bits per heavy atom. The van der Waals surface area contributed by atoms with Crippen LogP contribution < -0.4 is 5.73 Å². The zero-order valence-electron chi connectivity index (χ0n) is 10.4. The number of ether oxygens (including phenoxy) is 1. The Balaban J connectivity index is 2.59. The molecule has 3 nitrogen and oxygen atoms in total. The van der Waals surface area contributed by atoms with Crippen LogP contribution in [0.3, 0.4) is 0 Å². The van der Waals surface area contributed by atoms with Gasteiger partial charge in [0.15, 0.2) is 0 Å². The third kappa shape index (κ3) is 4.22. The van der Waals surface area contributed by atoms with Crippen LogP contribution in [0.25, 0.3) is 0 Å². The van der Waals surface area contributed by atoms with Crippen molar-refractivity contribution < 1.29 is 17.9 Å². The quantitative estimate of drug-likeness (QED) is 0.872. The molecule has 0 radical (unpaired) electrons. The van der Waals surface area contributed by atoms with Gasteiger partial charge < -0.3 is 10.5 Å². The first-order chi connectivity index (χ1) is 8.30. The van der Waals surface area contributed by atoms with E-state index in [4.69, 9.17) is 5.73 Å². The minimum absolute atomic E-state index is 0.117. The molecule has 18 heavy (non-hydrogen) atoms. The molecular weight excluding hydrogens is 265 g/mol. The number of nitrogens with two attached hydrogens (primary N) is 1. The van der Waals surface area contributed by atoms with Crippen LogP contribution in [0.2, 0.25) is 0 Å². The molecule has 0 fully saturated rings. The Morgan fingerprint density at radius 1 is 1.44 bits per heavy atom. The molecule has 1 rings (SSSR count). The van der Waals surface area contributed by atoms with Gasteiger partial charge in [-0.15, -0.1) is 11.3 Å². The highest BCUT2D eigenvalue weighted by Crippen LogP contribution is 2.27. The SMILES string of the molecule is CCC(C)(CN)c1csc(COCC(F)(F)F)n1. The highest BCUT2D eigenvalue weighted by molar-refractivity contribution is 7.09. The zero-order valence-corrected chi connectivity index (χ0v) is 11.2. The van der Waals surface area contributed by atoms with Crippen molar-refractivity contribution in [2.24, 2.45) is 5.73 Å². The van der Waals surface area contributed by atoms with Crippen LogP contribution in [-0.2, 0) is 16.8 Å². The second kappa shape index (κ2) is 5.99. The highest BCUT2D eigenvalue weighted by atomic mass is 32.1. The molecule has 0 aliphatic heterocycles. The lowest BCUT2D eigenvalue weighted by atomic mass is 9.85. The van der Waals surface area contributed by atoms with Gasteiger partial charge in [-0.25, -0.2) is 4.98 Å². The zero-order chi connectivity index (χ0) is 13.8. The number of halogens is 3. The largest absolute Gasteiger partial charge is 0.411 e. The summed E-state index contributed by atoms with van der Waals surface area (Å²) in [6.45, 7) is 3.09. The summed E-state index contributed by atoms with van der Waals surface area (Å²) in [5.41, 5.74) is 6.30. The summed E-state index contributed by atoms with van der Waals surface area (Å²) >= 11 is 1.30.